The summed E-state index contributed by atoms with van der Waals surface area (Å²) in [7, 11) is -3.88. The molecule has 144 valence electrons. The van der Waals surface area contributed by atoms with Gasteiger partial charge in [-0.1, -0.05) is 6.92 Å². The molecule has 0 saturated carbocycles. The highest BCUT2D eigenvalue weighted by Gasteiger charge is 2.39. The van der Waals surface area contributed by atoms with E-state index in [1.807, 2.05) is 6.92 Å². The van der Waals surface area contributed by atoms with Gasteiger partial charge < -0.3 is 9.80 Å². The van der Waals surface area contributed by atoms with Crippen LogP contribution in [0.4, 0.5) is 19.0 Å². The van der Waals surface area contributed by atoms with E-state index in [2.05, 4.69) is 4.98 Å². The van der Waals surface area contributed by atoms with Gasteiger partial charge in [0, 0.05) is 38.3 Å². The van der Waals surface area contributed by atoms with E-state index < -0.39 is 21.6 Å². The number of halogens is 3. The van der Waals surface area contributed by atoms with Gasteiger partial charge in [0.05, 0.1) is 11.3 Å². The number of alkyl halides is 3. The van der Waals surface area contributed by atoms with Crippen LogP contribution in [0, 0.1) is 0 Å². The van der Waals surface area contributed by atoms with Gasteiger partial charge in [-0.3, -0.25) is 4.79 Å². The van der Waals surface area contributed by atoms with Gasteiger partial charge in [0.1, 0.15) is 10.7 Å². The number of hydrogen-bond acceptors (Lipinski definition) is 5. The van der Waals surface area contributed by atoms with Crippen molar-refractivity contribution in [3.63, 3.8) is 0 Å². The maximum atomic E-state index is 13.0. The van der Waals surface area contributed by atoms with E-state index >= 15 is 0 Å². The zero-order chi connectivity index (χ0) is 19.1. The van der Waals surface area contributed by atoms with Crippen LogP contribution in [0.25, 0.3) is 0 Å². The maximum absolute atomic E-state index is 13.0. The first-order chi connectivity index (χ1) is 12.1. The molecule has 0 aliphatic carbocycles. The Morgan fingerprint density at radius 2 is 2.08 bits per heavy atom. The first kappa shape index (κ1) is 18.9. The second kappa shape index (κ2) is 6.71. The molecule has 6 nitrogen and oxygen atoms in total. The number of carbonyl (C=O) groups is 1. The van der Waals surface area contributed by atoms with Crippen LogP contribution in [0.15, 0.2) is 17.2 Å². The molecule has 1 saturated heterocycles. The Kier molecular flexibility index (Phi) is 4.89. The fourth-order valence-corrected chi connectivity index (χ4v) is 4.97. The number of fused-ring (bicyclic) bond motifs is 3. The van der Waals surface area contributed by atoms with Gasteiger partial charge >= 0.3 is 6.18 Å². The second-order valence-corrected chi connectivity index (χ2v) is 8.67. The van der Waals surface area contributed by atoms with Crippen molar-refractivity contribution in [2.24, 2.45) is 0 Å². The van der Waals surface area contributed by atoms with Crippen LogP contribution in [0.1, 0.15) is 31.7 Å². The molecule has 1 unspecified atom stereocenters. The van der Waals surface area contributed by atoms with E-state index in [1.54, 1.807) is 9.80 Å². The number of pyridine rings is 1. The summed E-state index contributed by atoms with van der Waals surface area (Å²) in [6.45, 7) is 3.01. The van der Waals surface area contributed by atoms with E-state index in [4.69, 9.17) is 0 Å². The monoisotopic (exact) mass is 391 g/mol. The molecule has 1 atom stereocenters. The van der Waals surface area contributed by atoms with Crippen molar-refractivity contribution in [1.82, 2.24) is 9.88 Å². The lowest BCUT2D eigenvalue weighted by molar-refractivity contribution is -0.138. The van der Waals surface area contributed by atoms with Crippen LogP contribution in [0.2, 0.25) is 0 Å². The standard InChI is InChI=1S/C16H20F3N3O3S/c1-2-3-14(23)21-5-6-22-12(10-21)4-7-26(24,25)13-8-11(16(17,18)19)9-20-15(13)22/h8-9,12H,2-7,10H2,1H3. The predicted octanol–water partition coefficient (Wildman–Crippen LogP) is 2.10. The van der Waals surface area contributed by atoms with Gasteiger partial charge in [0.15, 0.2) is 9.84 Å². The van der Waals surface area contributed by atoms with Gasteiger partial charge in [-0.15, -0.1) is 0 Å². The molecule has 1 aromatic heterocycles. The summed E-state index contributed by atoms with van der Waals surface area (Å²) in [6.07, 6.45) is -2.59. The van der Waals surface area contributed by atoms with Crippen molar-refractivity contribution in [2.45, 2.75) is 43.3 Å². The lowest BCUT2D eigenvalue weighted by Crippen LogP contribution is -2.55. The average molecular weight is 391 g/mol. The summed E-state index contributed by atoms with van der Waals surface area (Å²) in [5, 5.41) is 0. The molecule has 3 heterocycles. The molecule has 0 spiro atoms. The van der Waals surface area contributed by atoms with Crippen molar-refractivity contribution in [3.05, 3.63) is 17.8 Å². The van der Waals surface area contributed by atoms with Crippen molar-refractivity contribution in [2.75, 3.05) is 30.3 Å². The number of nitrogens with zero attached hydrogens (tertiary/aromatic N) is 3. The molecule has 1 amide bonds. The van der Waals surface area contributed by atoms with Crippen molar-refractivity contribution in [1.29, 1.82) is 0 Å². The molecular formula is C16H20F3N3O3S. The molecule has 2 aliphatic heterocycles. The number of piperazine rings is 1. The summed E-state index contributed by atoms with van der Waals surface area (Å²) >= 11 is 0. The zero-order valence-electron chi connectivity index (χ0n) is 14.3. The largest absolute Gasteiger partial charge is 0.417 e. The molecule has 0 radical (unpaired) electrons. The van der Waals surface area contributed by atoms with Crippen LogP contribution in [0.3, 0.4) is 0 Å². The molecule has 10 heteroatoms. The molecule has 2 aliphatic rings. The van der Waals surface area contributed by atoms with E-state index in [0.717, 1.165) is 6.42 Å². The Labute approximate surface area is 149 Å². The first-order valence-electron chi connectivity index (χ1n) is 8.48. The van der Waals surface area contributed by atoms with Crippen LogP contribution >= 0.6 is 0 Å². The number of anilines is 1. The minimum atomic E-state index is -4.66. The van der Waals surface area contributed by atoms with Crippen molar-refractivity contribution in [3.8, 4) is 0 Å². The van der Waals surface area contributed by atoms with E-state index in [9.17, 15) is 26.4 Å². The zero-order valence-corrected chi connectivity index (χ0v) is 15.1. The Morgan fingerprint density at radius 3 is 2.73 bits per heavy atom. The van der Waals surface area contributed by atoms with Gasteiger partial charge in [0.25, 0.3) is 0 Å². The van der Waals surface area contributed by atoms with E-state index in [0.29, 0.717) is 38.3 Å². The fourth-order valence-electron chi connectivity index (χ4n) is 3.42. The maximum Gasteiger partial charge on any atom is 0.417 e. The Morgan fingerprint density at radius 1 is 1.35 bits per heavy atom. The smallest absolute Gasteiger partial charge is 0.349 e. The highest BCUT2D eigenvalue weighted by molar-refractivity contribution is 7.91. The molecule has 0 N–H and O–H groups in total. The summed E-state index contributed by atoms with van der Waals surface area (Å²) in [6, 6.07) is 0.402. The molecule has 0 bridgehead atoms. The van der Waals surface area contributed by atoms with E-state index in [-0.39, 0.29) is 34.8 Å². The fraction of sp³-hybridized carbons (Fsp3) is 0.625. The number of rotatable bonds is 2. The van der Waals surface area contributed by atoms with Gasteiger partial charge in [-0.05, 0) is 18.9 Å². The van der Waals surface area contributed by atoms with Crippen LogP contribution in [-0.4, -0.2) is 55.6 Å². The quantitative estimate of drug-likeness (QED) is 0.772. The highest BCUT2D eigenvalue weighted by atomic mass is 32.2. The van der Waals surface area contributed by atoms with Gasteiger partial charge in [0.2, 0.25) is 5.91 Å². The SMILES string of the molecule is CCCC(=O)N1CCN2c3ncc(C(F)(F)F)cc3S(=O)(=O)CCC2C1. The van der Waals surface area contributed by atoms with Gasteiger partial charge in [-0.2, -0.15) is 13.2 Å². The number of sulfone groups is 1. The minimum Gasteiger partial charge on any atom is -0.349 e. The normalized spacial score (nSPS) is 22.4. The third-order valence-electron chi connectivity index (χ3n) is 4.79. The van der Waals surface area contributed by atoms with Crippen LogP contribution in [-0.2, 0) is 20.8 Å². The number of carbonyl (C=O) groups excluding carboxylic acids is 1. The van der Waals surface area contributed by atoms with E-state index in [1.165, 1.54) is 0 Å². The predicted molar refractivity (Wildman–Crippen MR) is 88.5 cm³/mol. The lowest BCUT2D eigenvalue weighted by atomic mass is 10.1. The first-order valence-corrected chi connectivity index (χ1v) is 10.1. The number of amides is 1. The van der Waals surface area contributed by atoms with Gasteiger partial charge in [-0.25, -0.2) is 13.4 Å². The summed E-state index contributed by atoms with van der Waals surface area (Å²) < 4.78 is 63.9. The van der Waals surface area contributed by atoms with Crippen molar-refractivity contribution < 1.29 is 26.4 Å². The third-order valence-corrected chi connectivity index (χ3v) is 6.53. The molecule has 0 aromatic carbocycles. The van der Waals surface area contributed by atoms with Crippen LogP contribution in [0.5, 0.6) is 0 Å². The molecular weight excluding hydrogens is 371 g/mol. The Bertz CT molecular complexity index is 811. The molecule has 3 rings (SSSR count). The number of aromatic nitrogens is 1. The summed E-state index contributed by atoms with van der Waals surface area (Å²) in [5.41, 5.74) is -1.07. The average Bonchev–Trinajstić information content (AvgIpc) is 2.69. The second-order valence-electron chi connectivity index (χ2n) is 6.59. The third kappa shape index (κ3) is 3.51. The molecule has 26 heavy (non-hydrogen) atoms. The van der Waals surface area contributed by atoms with Crippen molar-refractivity contribution >= 4 is 21.6 Å². The highest BCUT2D eigenvalue weighted by Crippen LogP contribution is 2.37. The summed E-state index contributed by atoms with van der Waals surface area (Å²) in [4.78, 5) is 19.1. The van der Waals surface area contributed by atoms with Crippen LogP contribution < -0.4 is 4.90 Å². The molecule has 1 aromatic rings. The topological polar surface area (TPSA) is 70.6 Å². The Hall–Kier alpha value is -1.84. The lowest BCUT2D eigenvalue weighted by Gasteiger charge is -2.41. The number of hydrogen-bond donors (Lipinski definition) is 0. The minimum absolute atomic E-state index is 0.0138. The molecule has 1 fully saturated rings. The summed E-state index contributed by atoms with van der Waals surface area (Å²) in [5.74, 6) is -0.192. The Balaban J connectivity index is 1.96.